The van der Waals surface area contributed by atoms with Crippen molar-refractivity contribution in [2.75, 3.05) is 13.1 Å². The number of halogens is 2. The summed E-state index contributed by atoms with van der Waals surface area (Å²) in [4.78, 5) is 27.3. The fourth-order valence-corrected chi connectivity index (χ4v) is 5.08. The van der Waals surface area contributed by atoms with Gasteiger partial charge in [0.2, 0.25) is 5.43 Å². The molecular weight excluding hydrogens is 426 g/mol. The molecule has 3 aromatic rings. The van der Waals surface area contributed by atoms with E-state index in [2.05, 4.69) is 10.2 Å². The SMILES string of the molecule is O=C1c2c(O)c(=O)c(-c3nnc(Cc4ccc(F)cc4F)s3)cn2[C@H]2CCCCN1C2. The van der Waals surface area contributed by atoms with E-state index in [4.69, 9.17) is 0 Å². The van der Waals surface area contributed by atoms with Gasteiger partial charge in [0.05, 0.1) is 11.6 Å². The van der Waals surface area contributed by atoms with Gasteiger partial charge in [-0.2, -0.15) is 0 Å². The summed E-state index contributed by atoms with van der Waals surface area (Å²) in [6.07, 6.45) is 4.34. The number of aromatic nitrogens is 3. The van der Waals surface area contributed by atoms with Crippen molar-refractivity contribution in [3.8, 4) is 16.3 Å². The molecule has 0 spiro atoms. The summed E-state index contributed by atoms with van der Waals surface area (Å²) in [7, 11) is 0. The minimum atomic E-state index is -0.685. The molecule has 0 saturated carbocycles. The molecule has 31 heavy (non-hydrogen) atoms. The maximum Gasteiger partial charge on any atom is 0.274 e. The van der Waals surface area contributed by atoms with E-state index < -0.39 is 22.8 Å². The normalized spacial score (nSPS) is 18.1. The molecule has 5 rings (SSSR count). The lowest BCUT2D eigenvalue weighted by atomic mass is 10.1. The van der Waals surface area contributed by atoms with E-state index in [9.17, 15) is 23.5 Å². The van der Waals surface area contributed by atoms with Crippen LogP contribution in [0, 0.1) is 11.6 Å². The molecule has 2 bridgehead atoms. The molecule has 0 unspecified atom stereocenters. The largest absolute Gasteiger partial charge is 0.503 e. The number of pyridine rings is 1. The van der Waals surface area contributed by atoms with Crippen LogP contribution < -0.4 is 5.43 Å². The molecule has 1 atom stereocenters. The number of benzene rings is 1. The van der Waals surface area contributed by atoms with Gasteiger partial charge in [0.25, 0.3) is 5.91 Å². The Balaban J connectivity index is 1.53. The Kier molecular flexibility index (Phi) is 4.81. The van der Waals surface area contributed by atoms with Crippen LogP contribution in [0.4, 0.5) is 8.78 Å². The maximum absolute atomic E-state index is 14.0. The molecule has 160 valence electrons. The van der Waals surface area contributed by atoms with Crippen LogP contribution in [0.15, 0.2) is 29.2 Å². The highest BCUT2D eigenvalue weighted by molar-refractivity contribution is 7.14. The molecule has 2 aromatic heterocycles. The van der Waals surface area contributed by atoms with Gasteiger partial charge in [-0.25, -0.2) is 8.78 Å². The summed E-state index contributed by atoms with van der Waals surface area (Å²) in [5.74, 6) is -2.27. The van der Waals surface area contributed by atoms with Gasteiger partial charge in [0.15, 0.2) is 16.5 Å². The lowest BCUT2D eigenvalue weighted by molar-refractivity contribution is 0.0679. The first-order valence-electron chi connectivity index (χ1n) is 9.96. The second kappa shape index (κ2) is 7.52. The second-order valence-corrected chi connectivity index (χ2v) is 8.85. The van der Waals surface area contributed by atoms with Crippen molar-refractivity contribution < 1.29 is 18.7 Å². The number of rotatable bonds is 3. The van der Waals surface area contributed by atoms with Crippen molar-refractivity contribution in [3.63, 3.8) is 0 Å². The van der Waals surface area contributed by atoms with E-state index in [1.165, 1.54) is 12.1 Å². The van der Waals surface area contributed by atoms with E-state index >= 15 is 0 Å². The van der Waals surface area contributed by atoms with Crippen LogP contribution in [-0.2, 0) is 6.42 Å². The van der Waals surface area contributed by atoms with Gasteiger partial charge in [0, 0.05) is 31.8 Å². The Morgan fingerprint density at radius 1 is 1.19 bits per heavy atom. The molecule has 2 aliphatic rings. The first-order valence-corrected chi connectivity index (χ1v) is 10.8. The average molecular weight is 444 g/mol. The number of carbonyl (C=O) groups is 1. The first-order chi connectivity index (χ1) is 14.9. The van der Waals surface area contributed by atoms with Crippen molar-refractivity contribution in [2.45, 2.75) is 31.7 Å². The molecule has 1 amide bonds. The minimum Gasteiger partial charge on any atom is -0.503 e. The van der Waals surface area contributed by atoms with Gasteiger partial charge in [-0.1, -0.05) is 17.4 Å². The third kappa shape index (κ3) is 3.40. The number of hydrogen-bond donors (Lipinski definition) is 1. The van der Waals surface area contributed by atoms with Crippen LogP contribution in [0.5, 0.6) is 5.75 Å². The quantitative estimate of drug-likeness (QED) is 0.671. The van der Waals surface area contributed by atoms with Gasteiger partial charge in [0.1, 0.15) is 16.6 Å². The third-order valence-corrected chi connectivity index (χ3v) is 6.75. The molecule has 2 aliphatic heterocycles. The maximum atomic E-state index is 14.0. The Labute approximate surface area is 179 Å². The predicted octanol–water partition coefficient (Wildman–Crippen LogP) is 3.12. The lowest BCUT2D eigenvalue weighted by Gasteiger charge is -2.34. The highest BCUT2D eigenvalue weighted by atomic mass is 32.1. The topological polar surface area (TPSA) is 88.3 Å². The van der Waals surface area contributed by atoms with Crippen LogP contribution in [0.2, 0.25) is 0 Å². The van der Waals surface area contributed by atoms with Crippen molar-refractivity contribution >= 4 is 17.2 Å². The molecule has 1 saturated heterocycles. The summed E-state index contributed by atoms with van der Waals surface area (Å²) in [5.41, 5.74) is -0.256. The van der Waals surface area contributed by atoms with Gasteiger partial charge in [-0.3, -0.25) is 9.59 Å². The number of nitrogens with zero attached hydrogens (tertiary/aromatic N) is 4. The molecule has 10 heteroatoms. The minimum absolute atomic E-state index is 0.0185. The molecular formula is C21H18F2N4O3S. The highest BCUT2D eigenvalue weighted by Gasteiger charge is 2.36. The van der Waals surface area contributed by atoms with Crippen molar-refractivity contribution in [1.29, 1.82) is 0 Å². The first kappa shape index (κ1) is 19.8. The molecule has 4 heterocycles. The molecule has 1 aromatic carbocycles. The van der Waals surface area contributed by atoms with E-state index in [0.29, 0.717) is 18.1 Å². The number of fused-ring (bicyclic) bond motifs is 4. The fourth-order valence-electron chi connectivity index (χ4n) is 4.21. The second-order valence-electron chi connectivity index (χ2n) is 7.79. The van der Waals surface area contributed by atoms with Crippen LogP contribution >= 0.6 is 11.3 Å². The zero-order valence-electron chi connectivity index (χ0n) is 16.3. The molecule has 1 N–H and O–H groups in total. The van der Waals surface area contributed by atoms with Crippen LogP contribution in [-0.4, -0.2) is 43.8 Å². The molecule has 7 nitrogen and oxygen atoms in total. The number of carbonyl (C=O) groups excluding carboxylic acids is 1. The highest BCUT2D eigenvalue weighted by Crippen LogP contribution is 2.34. The van der Waals surface area contributed by atoms with E-state index in [1.807, 2.05) is 0 Å². The smallest absolute Gasteiger partial charge is 0.274 e. The summed E-state index contributed by atoms with van der Waals surface area (Å²) >= 11 is 1.09. The standard InChI is InChI=1S/C21H18F2N4O3S/c22-12-5-4-11(15(23)8-12)7-16-24-25-20(31-16)14-10-27-13-3-1-2-6-26(9-13)21(30)17(27)19(29)18(14)28/h4-5,8,10,13,29H,1-3,6-7,9H2/t13-/m0/s1. The summed E-state index contributed by atoms with van der Waals surface area (Å²) in [6, 6.07) is 3.29. The van der Waals surface area contributed by atoms with Crippen LogP contribution in [0.3, 0.4) is 0 Å². The Morgan fingerprint density at radius 3 is 2.84 bits per heavy atom. The van der Waals surface area contributed by atoms with Crippen LogP contribution in [0.1, 0.15) is 46.4 Å². The third-order valence-electron chi connectivity index (χ3n) is 5.79. The zero-order chi connectivity index (χ0) is 21.7. The lowest BCUT2D eigenvalue weighted by Crippen LogP contribution is -2.43. The van der Waals surface area contributed by atoms with E-state index in [0.717, 1.165) is 36.7 Å². The summed E-state index contributed by atoms with van der Waals surface area (Å²) in [5, 5.41) is 19.4. The van der Waals surface area contributed by atoms with Gasteiger partial charge in [-0.05, 0) is 30.9 Å². The van der Waals surface area contributed by atoms with Crippen molar-refractivity contribution in [3.05, 3.63) is 62.5 Å². The Hall–Kier alpha value is -3.14. The van der Waals surface area contributed by atoms with E-state index in [-0.39, 0.29) is 40.2 Å². The van der Waals surface area contributed by atoms with Gasteiger partial charge in [-0.15, -0.1) is 10.2 Å². The Morgan fingerprint density at radius 2 is 2.03 bits per heavy atom. The van der Waals surface area contributed by atoms with Crippen LogP contribution in [0.25, 0.3) is 10.6 Å². The zero-order valence-corrected chi connectivity index (χ0v) is 17.2. The average Bonchev–Trinajstić information content (AvgIpc) is 3.08. The molecule has 1 fully saturated rings. The number of amides is 1. The van der Waals surface area contributed by atoms with Crippen molar-refractivity contribution in [1.82, 2.24) is 19.7 Å². The summed E-state index contributed by atoms with van der Waals surface area (Å²) in [6.45, 7) is 1.16. The Bertz CT molecular complexity index is 1260. The number of hydrogen-bond acceptors (Lipinski definition) is 6. The monoisotopic (exact) mass is 444 g/mol. The van der Waals surface area contributed by atoms with Crippen molar-refractivity contribution in [2.24, 2.45) is 0 Å². The fraction of sp³-hybridized carbons (Fsp3) is 0.333. The number of aromatic hydroxyl groups is 1. The van der Waals surface area contributed by atoms with Gasteiger partial charge < -0.3 is 14.6 Å². The van der Waals surface area contributed by atoms with Gasteiger partial charge >= 0.3 is 0 Å². The predicted molar refractivity (Wildman–Crippen MR) is 109 cm³/mol. The van der Waals surface area contributed by atoms with E-state index in [1.54, 1.807) is 15.7 Å². The molecule has 0 radical (unpaired) electrons. The summed E-state index contributed by atoms with van der Waals surface area (Å²) < 4.78 is 28.8. The molecule has 0 aliphatic carbocycles.